The predicted octanol–water partition coefficient (Wildman–Crippen LogP) is 2.36. The van der Waals surface area contributed by atoms with Crippen LogP contribution >= 0.6 is 0 Å². The Morgan fingerprint density at radius 3 is 2.38 bits per heavy atom. The van der Waals surface area contributed by atoms with E-state index in [-0.39, 0.29) is 6.04 Å². The number of phenolic OH excluding ortho intramolecular Hbond substituents is 1. The van der Waals surface area contributed by atoms with Crippen LogP contribution in [-0.4, -0.2) is 5.11 Å². The van der Waals surface area contributed by atoms with Crippen molar-refractivity contribution < 1.29 is 5.11 Å². The van der Waals surface area contributed by atoms with Gasteiger partial charge in [-0.15, -0.1) is 0 Å². The molecule has 1 rings (SSSR count). The largest absolute Gasteiger partial charge is 0.508 e. The number of aryl methyl sites for hydroxylation is 1. The van der Waals surface area contributed by atoms with Gasteiger partial charge in [-0.05, 0) is 24.5 Å². The lowest BCUT2D eigenvalue weighted by Crippen LogP contribution is -2.16. The lowest BCUT2D eigenvalue weighted by Gasteiger charge is -2.17. The molecule has 1 aromatic rings. The third-order valence-corrected chi connectivity index (χ3v) is 2.26. The highest BCUT2D eigenvalue weighted by Gasteiger charge is 2.13. The Bertz CT molecular complexity index is 294. The predicted molar refractivity (Wildman–Crippen MR) is 54.6 cm³/mol. The maximum atomic E-state index is 9.63. The van der Waals surface area contributed by atoms with E-state index in [0.717, 1.165) is 11.1 Å². The van der Waals surface area contributed by atoms with Crippen LogP contribution in [0.4, 0.5) is 0 Å². The lowest BCUT2D eigenvalue weighted by atomic mass is 9.95. The fourth-order valence-corrected chi connectivity index (χ4v) is 1.29. The van der Waals surface area contributed by atoms with Gasteiger partial charge in [0.1, 0.15) is 5.75 Å². The van der Waals surface area contributed by atoms with Gasteiger partial charge < -0.3 is 10.8 Å². The number of nitrogens with two attached hydrogens (primary N) is 1. The Labute approximate surface area is 79.4 Å². The zero-order valence-corrected chi connectivity index (χ0v) is 8.41. The molecule has 0 unspecified atom stereocenters. The molecule has 0 aromatic heterocycles. The molecule has 0 saturated heterocycles. The summed E-state index contributed by atoms with van der Waals surface area (Å²) in [6.45, 7) is 6.04. The molecule has 3 N–H and O–H groups in total. The van der Waals surface area contributed by atoms with Crippen LogP contribution in [0.3, 0.4) is 0 Å². The molecule has 0 amide bonds. The summed E-state index contributed by atoms with van der Waals surface area (Å²) in [5.41, 5.74) is 7.82. The lowest BCUT2D eigenvalue weighted by molar-refractivity contribution is 0.439. The van der Waals surface area contributed by atoms with Crippen LogP contribution in [0, 0.1) is 12.8 Å². The van der Waals surface area contributed by atoms with Gasteiger partial charge in [0.2, 0.25) is 0 Å². The number of rotatable bonds is 2. The summed E-state index contributed by atoms with van der Waals surface area (Å²) in [7, 11) is 0. The minimum atomic E-state index is -0.0828. The maximum absolute atomic E-state index is 9.63. The standard InChI is InChI=1S/C11H17NO/c1-7(2)11(12)9-5-4-8(3)6-10(9)13/h4-7,11,13H,12H2,1-3H3/t11-/m0/s1. The van der Waals surface area contributed by atoms with Crippen LogP contribution in [-0.2, 0) is 0 Å². The Kier molecular flexibility index (Phi) is 2.94. The topological polar surface area (TPSA) is 46.2 Å². The second-order valence-corrected chi connectivity index (χ2v) is 3.83. The van der Waals surface area contributed by atoms with Crippen molar-refractivity contribution in [2.45, 2.75) is 26.8 Å². The van der Waals surface area contributed by atoms with Gasteiger partial charge in [0.05, 0.1) is 0 Å². The smallest absolute Gasteiger partial charge is 0.120 e. The van der Waals surface area contributed by atoms with Gasteiger partial charge in [0, 0.05) is 11.6 Å². The SMILES string of the molecule is Cc1ccc([C@@H](N)C(C)C)c(O)c1. The van der Waals surface area contributed by atoms with Gasteiger partial charge in [-0.25, -0.2) is 0 Å². The monoisotopic (exact) mass is 179 g/mol. The third-order valence-electron chi connectivity index (χ3n) is 2.26. The second-order valence-electron chi connectivity index (χ2n) is 3.83. The molecule has 0 radical (unpaired) electrons. The Balaban J connectivity index is 3.01. The highest BCUT2D eigenvalue weighted by atomic mass is 16.3. The van der Waals surface area contributed by atoms with Gasteiger partial charge in [-0.2, -0.15) is 0 Å². The van der Waals surface area contributed by atoms with Crippen molar-refractivity contribution in [3.63, 3.8) is 0 Å². The first kappa shape index (κ1) is 10.1. The molecule has 72 valence electrons. The average molecular weight is 179 g/mol. The van der Waals surface area contributed by atoms with Crippen LogP contribution < -0.4 is 5.73 Å². The van der Waals surface area contributed by atoms with E-state index in [1.165, 1.54) is 0 Å². The zero-order valence-electron chi connectivity index (χ0n) is 8.41. The normalized spacial score (nSPS) is 13.3. The number of hydrogen-bond acceptors (Lipinski definition) is 2. The summed E-state index contributed by atoms with van der Waals surface area (Å²) in [5, 5.41) is 9.63. The molecule has 0 aliphatic carbocycles. The molecule has 0 saturated carbocycles. The summed E-state index contributed by atoms with van der Waals surface area (Å²) in [4.78, 5) is 0. The zero-order chi connectivity index (χ0) is 10.0. The maximum Gasteiger partial charge on any atom is 0.120 e. The summed E-state index contributed by atoms with van der Waals surface area (Å²) in [6.07, 6.45) is 0. The minimum Gasteiger partial charge on any atom is -0.508 e. The van der Waals surface area contributed by atoms with E-state index in [4.69, 9.17) is 5.73 Å². The van der Waals surface area contributed by atoms with Crippen molar-refractivity contribution in [2.24, 2.45) is 11.7 Å². The summed E-state index contributed by atoms with van der Waals surface area (Å²) in [6, 6.07) is 5.53. The van der Waals surface area contributed by atoms with Crippen molar-refractivity contribution in [2.75, 3.05) is 0 Å². The van der Waals surface area contributed by atoms with Gasteiger partial charge in [0.15, 0.2) is 0 Å². The fourth-order valence-electron chi connectivity index (χ4n) is 1.29. The molecule has 0 heterocycles. The second kappa shape index (κ2) is 3.79. The van der Waals surface area contributed by atoms with Gasteiger partial charge >= 0.3 is 0 Å². The van der Waals surface area contributed by atoms with E-state index in [0.29, 0.717) is 11.7 Å². The number of hydrogen-bond donors (Lipinski definition) is 2. The first-order chi connectivity index (χ1) is 6.02. The minimum absolute atomic E-state index is 0.0828. The summed E-state index contributed by atoms with van der Waals surface area (Å²) < 4.78 is 0. The molecule has 1 atom stereocenters. The Morgan fingerprint density at radius 2 is 1.92 bits per heavy atom. The van der Waals surface area contributed by atoms with Crippen LogP contribution in [0.25, 0.3) is 0 Å². The van der Waals surface area contributed by atoms with E-state index in [1.54, 1.807) is 6.07 Å². The summed E-state index contributed by atoms with van der Waals surface area (Å²) >= 11 is 0. The quantitative estimate of drug-likeness (QED) is 0.732. The molecule has 0 aliphatic rings. The van der Waals surface area contributed by atoms with E-state index in [1.807, 2.05) is 32.9 Å². The van der Waals surface area contributed by atoms with Crippen LogP contribution in [0.15, 0.2) is 18.2 Å². The van der Waals surface area contributed by atoms with E-state index < -0.39 is 0 Å². The van der Waals surface area contributed by atoms with E-state index >= 15 is 0 Å². The molecule has 1 aromatic carbocycles. The average Bonchev–Trinajstić information content (AvgIpc) is 2.03. The molecule has 0 bridgehead atoms. The molecule has 0 spiro atoms. The van der Waals surface area contributed by atoms with Crippen molar-refractivity contribution in [3.8, 4) is 5.75 Å². The molecule has 0 aliphatic heterocycles. The van der Waals surface area contributed by atoms with Gasteiger partial charge in [-0.1, -0.05) is 26.0 Å². The van der Waals surface area contributed by atoms with Crippen LogP contribution in [0.2, 0.25) is 0 Å². The van der Waals surface area contributed by atoms with Crippen molar-refractivity contribution in [1.29, 1.82) is 0 Å². The van der Waals surface area contributed by atoms with Gasteiger partial charge in [0.25, 0.3) is 0 Å². The Morgan fingerprint density at radius 1 is 1.31 bits per heavy atom. The molecular formula is C11H17NO. The first-order valence-corrected chi connectivity index (χ1v) is 4.57. The molecule has 2 heteroatoms. The van der Waals surface area contributed by atoms with E-state index in [9.17, 15) is 5.11 Å². The van der Waals surface area contributed by atoms with Gasteiger partial charge in [-0.3, -0.25) is 0 Å². The highest BCUT2D eigenvalue weighted by Crippen LogP contribution is 2.27. The molecule has 2 nitrogen and oxygen atoms in total. The fraction of sp³-hybridized carbons (Fsp3) is 0.455. The number of benzene rings is 1. The van der Waals surface area contributed by atoms with Crippen LogP contribution in [0.5, 0.6) is 5.75 Å². The van der Waals surface area contributed by atoms with Crippen molar-refractivity contribution in [3.05, 3.63) is 29.3 Å². The number of aromatic hydroxyl groups is 1. The molecular weight excluding hydrogens is 162 g/mol. The first-order valence-electron chi connectivity index (χ1n) is 4.57. The van der Waals surface area contributed by atoms with E-state index in [2.05, 4.69) is 0 Å². The number of phenols is 1. The summed E-state index contributed by atoms with van der Waals surface area (Å²) in [5.74, 6) is 0.648. The Hall–Kier alpha value is -1.02. The van der Waals surface area contributed by atoms with Crippen molar-refractivity contribution >= 4 is 0 Å². The van der Waals surface area contributed by atoms with Crippen LogP contribution in [0.1, 0.15) is 31.0 Å². The third kappa shape index (κ3) is 2.22. The molecule has 13 heavy (non-hydrogen) atoms. The van der Waals surface area contributed by atoms with Crippen molar-refractivity contribution in [1.82, 2.24) is 0 Å². The molecule has 0 fully saturated rings. The highest BCUT2D eigenvalue weighted by molar-refractivity contribution is 5.38.